The Bertz CT molecular complexity index is 1360. The van der Waals surface area contributed by atoms with Crippen LogP contribution in [0.4, 0.5) is 4.79 Å². The van der Waals surface area contributed by atoms with E-state index in [0.717, 1.165) is 25.0 Å². The molecule has 0 spiro atoms. The summed E-state index contributed by atoms with van der Waals surface area (Å²) in [6, 6.07) is 10.8. The lowest BCUT2D eigenvalue weighted by atomic mass is 10.0. The summed E-state index contributed by atoms with van der Waals surface area (Å²) in [5.74, 6) is 1.17. The first-order valence-corrected chi connectivity index (χ1v) is 19.9. The topological polar surface area (TPSA) is 153 Å². The quantitative estimate of drug-likeness (QED) is 0.131. The average molecular weight is 667 g/mol. The summed E-state index contributed by atoms with van der Waals surface area (Å²) in [5, 5.41) is 24.9. The molecule has 3 atom stereocenters. The van der Waals surface area contributed by atoms with E-state index in [2.05, 4.69) is 44.5 Å². The van der Waals surface area contributed by atoms with Crippen LogP contribution in [-0.4, -0.2) is 77.1 Å². The summed E-state index contributed by atoms with van der Waals surface area (Å²) < 4.78 is 49.7. The molecule has 0 saturated heterocycles. The Morgan fingerprint density at radius 1 is 1.02 bits per heavy atom. The molecule has 0 radical (unpaired) electrons. The molecule has 3 rings (SSSR count). The van der Waals surface area contributed by atoms with Crippen LogP contribution >= 0.6 is 0 Å². The highest BCUT2D eigenvalue weighted by molar-refractivity contribution is 7.92. The van der Waals surface area contributed by atoms with Gasteiger partial charge in [-0.05, 0) is 73.1 Å². The Kier molecular flexibility index (Phi) is 12.7. The largest absolute Gasteiger partial charge is 0.494 e. The number of aliphatic hydroxyl groups excluding tert-OH is 1. The second kappa shape index (κ2) is 15.6. The smallest absolute Gasteiger partial charge is 0.404 e. The fraction of sp³-hybridized carbons (Fsp3) is 0.594. The van der Waals surface area contributed by atoms with Crippen LogP contribution in [0.25, 0.3) is 0 Å². The number of unbranched alkanes of at least 4 members (excludes halogenated alkanes) is 1. The summed E-state index contributed by atoms with van der Waals surface area (Å²) in [4.78, 5) is 11.6. The zero-order chi connectivity index (χ0) is 33.4. The normalized spacial score (nSPS) is 15.5. The van der Waals surface area contributed by atoms with Crippen molar-refractivity contribution in [3.05, 3.63) is 48.0 Å². The third-order valence-electron chi connectivity index (χ3n) is 8.37. The number of hydrogen-bond donors (Lipinski definition) is 4. The highest BCUT2D eigenvalue weighted by atomic mass is 32.2. The van der Waals surface area contributed by atoms with Crippen molar-refractivity contribution in [1.82, 2.24) is 10.6 Å². The molecule has 0 fully saturated rings. The molecule has 0 saturated carbocycles. The number of hydrogen-bond acceptors (Lipinski definition) is 9. The van der Waals surface area contributed by atoms with Crippen molar-refractivity contribution >= 4 is 24.2 Å². The van der Waals surface area contributed by atoms with Gasteiger partial charge in [0.05, 0.1) is 23.6 Å². The number of fused-ring (bicyclic) bond motifs is 1. The molecule has 2 aromatic carbocycles. The maximum Gasteiger partial charge on any atom is 0.404 e. The molecule has 252 valence electrons. The second-order valence-corrected chi connectivity index (χ2v) is 20.1. The van der Waals surface area contributed by atoms with E-state index in [1.165, 1.54) is 12.1 Å². The number of ether oxygens (including phenoxy) is 3. The molecule has 2 aromatic rings. The highest BCUT2D eigenvalue weighted by Crippen LogP contribution is 2.37. The number of carboxylic acid groups (broad SMARTS) is 1. The molecule has 0 aliphatic carbocycles. The van der Waals surface area contributed by atoms with Crippen molar-refractivity contribution < 1.29 is 42.1 Å². The lowest BCUT2D eigenvalue weighted by Crippen LogP contribution is -2.51. The van der Waals surface area contributed by atoms with Crippen LogP contribution in [0, 0.1) is 5.92 Å². The summed E-state index contributed by atoms with van der Waals surface area (Å²) in [7, 11) is -5.62. The minimum atomic E-state index is -3.87. The summed E-state index contributed by atoms with van der Waals surface area (Å²) >= 11 is 0. The molecular weight excluding hydrogens is 617 g/mol. The van der Waals surface area contributed by atoms with Gasteiger partial charge in [0, 0.05) is 19.2 Å². The Morgan fingerprint density at radius 2 is 1.67 bits per heavy atom. The molecule has 1 aliphatic heterocycles. The first-order valence-electron chi connectivity index (χ1n) is 15.4. The van der Waals surface area contributed by atoms with Crippen LogP contribution in [0.2, 0.25) is 18.1 Å². The minimum Gasteiger partial charge on any atom is -0.494 e. The monoisotopic (exact) mass is 666 g/mol. The van der Waals surface area contributed by atoms with Gasteiger partial charge in [-0.1, -0.05) is 46.8 Å². The highest BCUT2D eigenvalue weighted by Gasteiger charge is 2.37. The van der Waals surface area contributed by atoms with Crippen LogP contribution in [0.3, 0.4) is 0 Å². The number of nitrogens with one attached hydrogen (secondary N) is 2. The summed E-state index contributed by atoms with van der Waals surface area (Å²) in [6.07, 6.45) is -0.526. The number of benzene rings is 2. The van der Waals surface area contributed by atoms with Crippen LogP contribution in [0.15, 0.2) is 47.4 Å². The zero-order valence-electron chi connectivity index (χ0n) is 27.5. The molecule has 4 N–H and O–H groups in total. The van der Waals surface area contributed by atoms with Gasteiger partial charge in [0.25, 0.3) is 0 Å². The van der Waals surface area contributed by atoms with Gasteiger partial charge in [0.15, 0.2) is 29.7 Å². The molecule has 13 heteroatoms. The Balaban J connectivity index is 1.54. The lowest BCUT2D eigenvalue weighted by Gasteiger charge is -2.36. The van der Waals surface area contributed by atoms with Crippen molar-refractivity contribution in [3.63, 3.8) is 0 Å². The maximum atomic E-state index is 13.5. The predicted octanol–water partition coefficient (Wildman–Crippen LogP) is 5.18. The van der Waals surface area contributed by atoms with Gasteiger partial charge in [-0.3, -0.25) is 5.32 Å². The number of carbonyl (C=O) groups is 1. The van der Waals surface area contributed by atoms with E-state index in [1.54, 1.807) is 19.9 Å². The summed E-state index contributed by atoms with van der Waals surface area (Å²) in [5.41, 5.74) is 0.788. The SMILES string of the molecule is CC(C)C(NC[C@@H](O)[C@H](Cc1ccc(OCCCCO[Si](C)(C)C(C)(C)C)cc1)NC(=O)O)S(=O)(=O)c1ccc2c(c1)OCO2. The fourth-order valence-electron chi connectivity index (χ4n) is 4.64. The fourth-order valence-corrected chi connectivity index (χ4v) is 7.58. The first kappa shape index (κ1) is 36.6. The molecular formula is C32H50N2O9SSi. The first-order chi connectivity index (χ1) is 21.0. The van der Waals surface area contributed by atoms with Gasteiger partial charge >= 0.3 is 6.09 Å². The predicted molar refractivity (Wildman–Crippen MR) is 175 cm³/mol. The van der Waals surface area contributed by atoms with E-state index >= 15 is 0 Å². The Labute approximate surface area is 268 Å². The van der Waals surface area contributed by atoms with E-state index in [9.17, 15) is 23.4 Å². The lowest BCUT2D eigenvalue weighted by molar-refractivity contribution is 0.116. The number of amides is 1. The minimum absolute atomic E-state index is 0.0260. The molecule has 1 aliphatic rings. The van der Waals surface area contributed by atoms with E-state index in [-0.39, 0.29) is 35.6 Å². The van der Waals surface area contributed by atoms with E-state index in [4.69, 9.17) is 18.6 Å². The third kappa shape index (κ3) is 10.3. The molecule has 0 aromatic heterocycles. The van der Waals surface area contributed by atoms with Gasteiger partial charge in [0.1, 0.15) is 11.1 Å². The Hall–Kier alpha value is -2.84. The van der Waals surface area contributed by atoms with E-state index in [1.807, 2.05) is 24.3 Å². The van der Waals surface area contributed by atoms with Crippen molar-refractivity contribution in [1.29, 1.82) is 0 Å². The van der Waals surface area contributed by atoms with Gasteiger partial charge in [0.2, 0.25) is 6.79 Å². The van der Waals surface area contributed by atoms with Crippen LogP contribution in [0.5, 0.6) is 17.2 Å². The zero-order valence-corrected chi connectivity index (χ0v) is 29.3. The number of rotatable bonds is 17. The summed E-state index contributed by atoms with van der Waals surface area (Å²) in [6.45, 7) is 15.8. The maximum absolute atomic E-state index is 13.5. The molecule has 1 heterocycles. The molecule has 45 heavy (non-hydrogen) atoms. The molecule has 0 bridgehead atoms. The molecule has 1 amide bonds. The molecule has 1 unspecified atom stereocenters. The van der Waals surface area contributed by atoms with Crippen molar-refractivity contribution in [2.24, 2.45) is 5.92 Å². The van der Waals surface area contributed by atoms with Crippen molar-refractivity contribution in [2.75, 3.05) is 26.6 Å². The molecule has 11 nitrogen and oxygen atoms in total. The van der Waals surface area contributed by atoms with Gasteiger partial charge in [-0.15, -0.1) is 0 Å². The third-order valence-corrected chi connectivity index (χ3v) is 15.2. The average Bonchev–Trinajstić information content (AvgIpc) is 3.42. The van der Waals surface area contributed by atoms with Gasteiger partial charge in [-0.25, -0.2) is 13.2 Å². The van der Waals surface area contributed by atoms with Gasteiger partial charge in [-0.2, -0.15) is 0 Å². The number of aliphatic hydroxyl groups is 1. The van der Waals surface area contributed by atoms with Crippen LogP contribution in [-0.2, 0) is 20.7 Å². The Morgan fingerprint density at radius 3 is 2.29 bits per heavy atom. The van der Waals surface area contributed by atoms with Crippen molar-refractivity contribution in [3.8, 4) is 17.2 Å². The van der Waals surface area contributed by atoms with Crippen LogP contribution < -0.4 is 24.8 Å². The van der Waals surface area contributed by atoms with Crippen molar-refractivity contribution in [2.45, 2.75) is 94.4 Å². The second-order valence-electron chi connectivity index (χ2n) is 13.3. The number of sulfone groups is 1. The van der Waals surface area contributed by atoms with E-state index < -0.39 is 41.8 Å². The van der Waals surface area contributed by atoms with Gasteiger partial charge < -0.3 is 34.2 Å². The van der Waals surface area contributed by atoms with E-state index in [0.29, 0.717) is 23.9 Å². The van der Waals surface area contributed by atoms with Crippen LogP contribution in [0.1, 0.15) is 53.0 Å². The standard InChI is InChI=1S/C32H50N2O9SSi/c1-22(2)30(44(38,39)25-14-15-28-29(19-25)42-21-41-28)33-20-27(35)26(34-31(36)37)18-23-10-12-24(13-11-23)40-16-8-9-17-43-45(6,7)32(3,4)5/h10-15,19,22,26-27,30,33-35H,8-9,16-18,20-21H2,1-7H3,(H,36,37)/t26-,27+,30?/m0/s1.